The van der Waals surface area contributed by atoms with Crippen LogP contribution >= 0.6 is 0 Å². The highest BCUT2D eigenvalue weighted by molar-refractivity contribution is 5.49. The van der Waals surface area contributed by atoms with Gasteiger partial charge in [0.1, 0.15) is 11.5 Å². The molecule has 5 heteroatoms. The van der Waals surface area contributed by atoms with Gasteiger partial charge in [0.2, 0.25) is 0 Å². The van der Waals surface area contributed by atoms with Gasteiger partial charge >= 0.3 is 0 Å². The second-order valence-electron chi connectivity index (χ2n) is 5.89. The summed E-state index contributed by atoms with van der Waals surface area (Å²) in [5, 5.41) is 0. The third-order valence-electron chi connectivity index (χ3n) is 4.20. The van der Waals surface area contributed by atoms with Crippen LogP contribution in [0.4, 0.5) is 4.39 Å². The van der Waals surface area contributed by atoms with E-state index in [2.05, 4.69) is 20.9 Å². The molecule has 2 heterocycles. The van der Waals surface area contributed by atoms with Crippen molar-refractivity contribution in [2.45, 2.75) is 19.4 Å². The Bertz CT molecular complexity index is 733. The number of H-pyrrole nitrogens is 1. The highest BCUT2D eigenvalue weighted by atomic mass is 19.1. The van der Waals surface area contributed by atoms with Gasteiger partial charge in [-0.1, -0.05) is 24.3 Å². The van der Waals surface area contributed by atoms with Crippen molar-refractivity contribution < 1.29 is 4.39 Å². The Balaban J connectivity index is 1.52. The molecule has 0 spiro atoms. The molecule has 1 saturated heterocycles. The molecule has 0 amide bonds. The van der Waals surface area contributed by atoms with Crippen molar-refractivity contribution in [3.63, 3.8) is 0 Å². The van der Waals surface area contributed by atoms with Crippen molar-refractivity contribution in [2.75, 3.05) is 13.1 Å². The van der Waals surface area contributed by atoms with Crippen LogP contribution in [0.25, 0.3) is 6.08 Å². The number of aromatic nitrogens is 2. The van der Waals surface area contributed by atoms with Gasteiger partial charge in [-0.3, -0.25) is 14.7 Å². The van der Waals surface area contributed by atoms with Crippen molar-refractivity contribution in [3.8, 4) is 0 Å². The summed E-state index contributed by atoms with van der Waals surface area (Å²) >= 11 is 0. The maximum atomic E-state index is 13.1. The lowest BCUT2D eigenvalue weighted by molar-refractivity contribution is 0.193. The number of nitrogens with zero attached hydrogens (tertiary/aromatic N) is 2. The monoisotopic (exact) mass is 313 g/mol. The molecule has 1 aromatic carbocycles. The summed E-state index contributed by atoms with van der Waals surface area (Å²) in [6.07, 6.45) is 9.40. The van der Waals surface area contributed by atoms with Gasteiger partial charge in [0, 0.05) is 18.9 Å². The summed E-state index contributed by atoms with van der Waals surface area (Å²) < 4.78 is 13.1. The van der Waals surface area contributed by atoms with E-state index < -0.39 is 0 Å². The molecule has 1 aliphatic rings. The van der Waals surface area contributed by atoms with Crippen LogP contribution in [0.2, 0.25) is 0 Å². The standard InChI is InChI=1S/C18H20FN3O/c19-16-3-1-2-15(12-16)5-4-14-6-10-22(11-7-14)13-17-18(23)21-9-8-20-17/h1-5,8-9,12,14H,6-7,10-11,13H2,(H,21,23). The number of likely N-dealkylation sites (tertiary alicyclic amines) is 1. The van der Waals surface area contributed by atoms with Crippen LogP contribution in [0.5, 0.6) is 0 Å². The SMILES string of the molecule is O=c1[nH]ccnc1CN1CCC(C=Cc2cccc(F)c2)CC1. The average molecular weight is 313 g/mol. The molecule has 3 rings (SSSR count). The Hall–Kier alpha value is -2.27. The van der Waals surface area contributed by atoms with Crippen LogP contribution in [0.3, 0.4) is 0 Å². The van der Waals surface area contributed by atoms with Crippen LogP contribution < -0.4 is 5.56 Å². The predicted octanol–water partition coefficient (Wildman–Crippen LogP) is 2.83. The molecule has 0 aliphatic carbocycles. The topological polar surface area (TPSA) is 49.0 Å². The first kappa shape index (κ1) is 15.6. The number of allylic oxidation sites excluding steroid dienone is 1. The molecule has 1 aromatic heterocycles. The third-order valence-corrected chi connectivity index (χ3v) is 4.20. The molecule has 1 N–H and O–H groups in total. The molecule has 0 unspecified atom stereocenters. The highest BCUT2D eigenvalue weighted by Gasteiger charge is 2.18. The smallest absolute Gasteiger partial charge is 0.270 e. The molecular weight excluding hydrogens is 293 g/mol. The summed E-state index contributed by atoms with van der Waals surface area (Å²) in [5.74, 6) is 0.291. The molecule has 120 valence electrons. The summed E-state index contributed by atoms with van der Waals surface area (Å²) in [7, 11) is 0. The molecule has 4 nitrogen and oxygen atoms in total. The third kappa shape index (κ3) is 4.36. The van der Waals surface area contributed by atoms with E-state index in [1.807, 2.05) is 12.1 Å². The molecule has 2 aromatic rings. The number of hydrogen-bond acceptors (Lipinski definition) is 3. The number of benzene rings is 1. The molecule has 1 fully saturated rings. The summed E-state index contributed by atoms with van der Waals surface area (Å²) in [4.78, 5) is 20.7. The minimum absolute atomic E-state index is 0.111. The van der Waals surface area contributed by atoms with Gasteiger partial charge in [-0.15, -0.1) is 0 Å². The predicted molar refractivity (Wildman–Crippen MR) is 88.3 cm³/mol. The van der Waals surface area contributed by atoms with E-state index in [1.165, 1.54) is 6.07 Å². The van der Waals surface area contributed by atoms with Gasteiger partial charge in [0.15, 0.2) is 0 Å². The number of aromatic amines is 1. The largest absolute Gasteiger partial charge is 0.326 e. The van der Waals surface area contributed by atoms with Crippen molar-refractivity contribution in [1.29, 1.82) is 0 Å². The fourth-order valence-corrected chi connectivity index (χ4v) is 2.87. The number of piperidine rings is 1. The summed E-state index contributed by atoms with van der Waals surface area (Å²) in [6.45, 7) is 2.47. The number of nitrogens with one attached hydrogen (secondary N) is 1. The van der Waals surface area contributed by atoms with E-state index in [0.717, 1.165) is 31.5 Å². The number of halogens is 1. The van der Waals surface area contributed by atoms with Crippen LogP contribution in [-0.4, -0.2) is 28.0 Å². The first-order chi connectivity index (χ1) is 11.2. The van der Waals surface area contributed by atoms with E-state index >= 15 is 0 Å². The zero-order valence-electron chi connectivity index (χ0n) is 12.9. The Kier molecular flexibility index (Phi) is 4.98. The highest BCUT2D eigenvalue weighted by Crippen LogP contribution is 2.20. The molecule has 0 atom stereocenters. The molecular formula is C18H20FN3O. The van der Waals surface area contributed by atoms with Gasteiger partial charge in [0.05, 0.1) is 0 Å². The Morgan fingerprint density at radius 3 is 2.91 bits per heavy atom. The zero-order valence-corrected chi connectivity index (χ0v) is 12.9. The zero-order chi connectivity index (χ0) is 16.1. The second-order valence-corrected chi connectivity index (χ2v) is 5.89. The first-order valence-corrected chi connectivity index (χ1v) is 7.89. The van der Waals surface area contributed by atoms with Crippen molar-refractivity contribution >= 4 is 6.08 Å². The first-order valence-electron chi connectivity index (χ1n) is 7.89. The van der Waals surface area contributed by atoms with Crippen molar-refractivity contribution in [3.05, 3.63) is 70.2 Å². The van der Waals surface area contributed by atoms with Gasteiger partial charge in [0.25, 0.3) is 5.56 Å². The van der Waals surface area contributed by atoms with Crippen molar-refractivity contribution in [2.24, 2.45) is 5.92 Å². The van der Waals surface area contributed by atoms with E-state index in [9.17, 15) is 9.18 Å². The Morgan fingerprint density at radius 2 is 2.17 bits per heavy atom. The lowest BCUT2D eigenvalue weighted by atomic mass is 9.95. The number of hydrogen-bond donors (Lipinski definition) is 1. The Morgan fingerprint density at radius 1 is 1.35 bits per heavy atom. The van der Waals surface area contributed by atoms with Crippen LogP contribution in [0, 0.1) is 11.7 Å². The van der Waals surface area contributed by atoms with Gasteiger partial charge in [-0.25, -0.2) is 4.39 Å². The van der Waals surface area contributed by atoms with Crippen molar-refractivity contribution in [1.82, 2.24) is 14.9 Å². The summed E-state index contributed by atoms with van der Waals surface area (Å²) in [6, 6.07) is 6.62. The summed E-state index contributed by atoms with van der Waals surface area (Å²) in [5.41, 5.74) is 1.36. The molecule has 0 bridgehead atoms. The maximum absolute atomic E-state index is 13.1. The quantitative estimate of drug-likeness (QED) is 0.944. The molecule has 23 heavy (non-hydrogen) atoms. The normalized spacial score (nSPS) is 16.9. The minimum atomic E-state index is -0.206. The van der Waals surface area contributed by atoms with E-state index in [0.29, 0.717) is 18.2 Å². The lowest BCUT2D eigenvalue weighted by Crippen LogP contribution is -2.34. The van der Waals surface area contributed by atoms with Crippen LogP contribution in [0.1, 0.15) is 24.1 Å². The fourth-order valence-electron chi connectivity index (χ4n) is 2.87. The maximum Gasteiger partial charge on any atom is 0.270 e. The van der Waals surface area contributed by atoms with Crippen LogP contribution in [0.15, 0.2) is 47.5 Å². The van der Waals surface area contributed by atoms with Gasteiger partial charge in [-0.05, 0) is 49.5 Å². The Labute approximate surface area is 134 Å². The lowest BCUT2D eigenvalue weighted by Gasteiger charge is -2.30. The van der Waals surface area contributed by atoms with Crippen LogP contribution in [-0.2, 0) is 6.54 Å². The van der Waals surface area contributed by atoms with E-state index in [-0.39, 0.29) is 11.4 Å². The fraction of sp³-hybridized carbons (Fsp3) is 0.333. The molecule has 0 radical (unpaired) electrons. The van der Waals surface area contributed by atoms with Gasteiger partial charge < -0.3 is 4.98 Å². The minimum Gasteiger partial charge on any atom is -0.326 e. The molecule has 1 aliphatic heterocycles. The van der Waals surface area contributed by atoms with E-state index in [1.54, 1.807) is 24.5 Å². The number of rotatable bonds is 4. The average Bonchev–Trinajstić information content (AvgIpc) is 2.56. The second kappa shape index (κ2) is 7.33. The van der Waals surface area contributed by atoms with Gasteiger partial charge in [-0.2, -0.15) is 0 Å². The molecule has 0 saturated carbocycles. The van der Waals surface area contributed by atoms with E-state index in [4.69, 9.17) is 0 Å².